The second kappa shape index (κ2) is 5.52. The Hall–Kier alpha value is -1.34. The summed E-state index contributed by atoms with van der Waals surface area (Å²) in [6.07, 6.45) is 8.97. The molecule has 1 saturated heterocycles. The molecule has 1 aromatic carbocycles. The van der Waals surface area contributed by atoms with Crippen LogP contribution in [0.1, 0.15) is 18.4 Å². The average molecular weight is 199 g/mol. The van der Waals surface area contributed by atoms with Crippen molar-refractivity contribution in [1.82, 2.24) is 5.32 Å². The molecule has 1 heterocycles. The van der Waals surface area contributed by atoms with Crippen LogP contribution < -0.4 is 5.32 Å². The lowest BCUT2D eigenvalue weighted by atomic mass is 10.1. The lowest BCUT2D eigenvalue weighted by Crippen LogP contribution is -2.22. The lowest BCUT2D eigenvalue weighted by Gasteiger charge is -2.14. The maximum absolute atomic E-state index is 3.36. The highest BCUT2D eigenvalue weighted by Gasteiger charge is 2.01. The summed E-state index contributed by atoms with van der Waals surface area (Å²) in [6.45, 7) is 2.26. The molecule has 1 heteroatoms. The van der Waals surface area contributed by atoms with Gasteiger partial charge in [0.05, 0.1) is 0 Å². The van der Waals surface area contributed by atoms with Crippen molar-refractivity contribution >= 4 is 6.08 Å². The zero-order valence-electron chi connectivity index (χ0n) is 8.95. The van der Waals surface area contributed by atoms with E-state index in [0.29, 0.717) is 0 Å². The fourth-order valence-corrected chi connectivity index (χ4v) is 1.77. The summed E-state index contributed by atoms with van der Waals surface area (Å²) >= 11 is 0. The summed E-state index contributed by atoms with van der Waals surface area (Å²) in [5.74, 6) is 0. The second-order valence-corrected chi connectivity index (χ2v) is 3.84. The molecule has 2 rings (SSSR count). The first-order chi connectivity index (χ1) is 7.45. The number of allylic oxidation sites excluding steroid dienone is 2. The first-order valence-electron chi connectivity index (χ1n) is 5.57. The highest BCUT2D eigenvalue weighted by atomic mass is 14.9. The highest BCUT2D eigenvalue weighted by molar-refractivity contribution is 5.50. The quantitative estimate of drug-likeness (QED) is 0.772. The average Bonchev–Trinajstić information content (AvgIpc) is 2.32. The number of benzene rings is 1. The van der Waals surface area contributed by atoms with Gasteiger partial charge in [0.25, 0.3) is 0 Å². The van der Waals surface area contributed by atoms with Crippen LogP contribution in [-0.4, -0.2) is 13.1 Å². The van der Waals surface area contributed by atoms with E-state index in [1.165, 1.54) is 18.4 Å². The molecular weight excluding hydrogens is 182 g/mol. The Bertz CT molecular complexity index is 341. The van der Waals surface area contributed by atoms with E-state index < -0.39 is 0 Å². The van der Waals surface area contributed by atoms with E-state index in [1.807, 2.05) is 6.07 Å². The van der Waals surface area contributed by atoms with Crippen LogP contribution in [0.3, 0.4) is 0 Å². The molecule has 1 nitrogen and oxygen atoms in total. The van der Waals surface area contributed by atoms with Gasteiger partial charge in [0.1, 0.15) is 0 Å². The van der Waals surface area contributed by atoms with Crippen molar-refractivity contribution in [2.45, 2.75) is 12.8 Å². The fraction of sp³-hybridized carbons (Fsp3) is 0.286. The van der Waals surface area contributed by atoms with E-state index in [1.54, 1.807) is 5.57 Å². The maximum Gasteiger partial charge on any atom is -0.00114 e. The third kappa shape index (κ3) is 3.37. The summed E-state index contributed by atoms with van der Waals surface area (Å²) in [5, 5.41) is 3.36. The van der Waals surface area contributed by atoms with Gasteiger partial charge in [-0.05, 0) is 31.5 Å². The van der Waals surface area contributed by atoms with Gasteiger partial charge in [-0.25, -0.2) is 0 Å². The molecule has 1 N–H and O–H groups in total. The first-order valence-corrected chi connectivity index (χ1v) is 5.57. The van der Waals surface area contributed by atoms with Gasteiger partial charge in [-0.2, -0.15) is 0 Å². The molecule has 1 aliphatic heterocycles. The molecule has 0 amide bonds. The third-order valence-electron chi connectivity index (χ3n) is 2.67. The number of hydrogen-bond donors (Lipinski definition) is 1. The summed E-state index contributed by atoms with van der Waals surface area (Å²) in [5.41, 5.74) is 2.82. The predicted octanol–water partition coefficient (Wildman–Crippen LogP) is 3.01. The Balaban J connectivity index is 1.94. The Morgan fingerprint density at radius 3 is 2.47 bits per heavy atom. The molecule has 0 bridgehead atoms. The number of piperidine rings is 1. The van der Waals surface area contributed by atoms with Gasteiger partial charge in [-0.15, -0.1) is 0 Å². The minimum atomic E-state index is 1.13. The summed E-state index contributed by atoms with van der Waals surface area (Å²) in [4.78, 5) is 0. The van der Waals surface area contributed by atoms with Crippen molar-refractivity contribution in [1.29, 1.82) is 0 Å². The molecule has 1 aromatic rings. The van der Waals surface area contributed by atoms with E-state index >= 15 is 0 Å². The fourth-order valence-electron chi connectivity index (χ4n) is 1.77. The predicted molar refractivity (Wildman–Crippen MR) is 65.7 cm³/mol. The first kappa shape index (κ1) is 10.2. The van der Waals surface area contributed by atoms with Crippen LogP contribution in [0, 0.1) is 0 Å². The van der Waals surface area contributed by atoms with Crippen molar-refractivity contribution in [2.24, 2.45) is 0 Å². The summed E-state index contributed by atoms with van der Waals surface area (Å²) < 4.78 is 0. The molecule has 78 valence electrons. The van der Waals surface area contributed by atoms with Crippen LogP contribution in [0.25, 0.3) is 6.08 Å². The number of nitrogens with one attached hydrogen (secondary N) is 1. The Morgan fingerprint density at radius 2 is 1.73 bits per heavy atom. The molecule has 0 unspecified atom stereocenters. The van der Waals surface area contributed by atoms with Crippen molar-refractivity contribution in [3.8, 4) is 0 Å². The lowest BCUT2D eigenvalue weighted by molar-refractivity contribution is 0.610. The van der Waals surface area contributed by atoms with Crippen LogP contribution in [0.2, 0.25) is 0 Å². The normalized spacial score (nSPS) is 16.9. The Morgan fingerprint density at radius 1 is 1.00 bits per heavy atom. The molecule has 0 aliphatic carbocycles. The smallest absolute Gasteiger partial charge is 0.00114 e. The van der Waals surface area contributed by atoms with Gasteiger partial charge >= 0.3 is 0 Å². The molecule has 0 saturated carbocycles. The van der Waals surface area contributed by atoms with E-state index in [0.717, 1.165) is 13.1 Å². The van der Waals surface area contributed by atoms with Gasteiger partial charge in [0.15, 0.2) is 0 Å². The van der Waals surface area contributed by atoms with Crippen LogP contribution in [-0.2, 0) is 0 Å². The molecule has 0 spiro atoms. The van der Waals surface area contributed by atoms with Crippen LogP contribution in [0.5, 0.6) is 0 Å². The SMILES string of the molecule is C(/C=C/c1ccccc1)=C1CCNCC1. The zero-order valence-corrected chi connectivity index (χ0v) is 8.95. The molecule has 15 heavy (non-hydrogen) atoms. The van der Waals surface area contributed by atoms with Gasteiger partial charge in [0, 0.05) is 0 Å². The van der Waals surface area contributed by atoms with E-state index in [9.17, 15) is 0 Å². The van der Waals surface area contributed by atoms with Crippen LogP contribution in [0.4, 0.5) is 0 Å². The summed E-state index contributed by atoms with van der Waals surface area (Å²) in [7, 11) is 0. The largest absolute Gasteiger partial charge is 0.316 e. The van der Waals surface area contributed by atoms with E-state index in [4.69, 9.17) is 0 Å². The molecule has 0 atom stereocenters. The molecule has 1 fully saturated rings. The van der Waals surface area contributed by atoms with E-state index in [-0.39, 0.29) is 0 Å². The maximum atomic E-state index is 3.36. The van der Waals surface area contributed by atoms with E-state index in [2.05, 4.69) is 47.8 Å². The summed E-state index contributed by atoms with van der Waals surface area (Å²) in [6, 6.07) is 10.4. The number of hydrogen-bond acceptors (Lipinski definition) is 1. The third-order valence-corrected chi connectivity index (χ3v) is 2.67. The van der Waals surface area contributed by atoms with Crippen molar-refractivity contribution < 1.29 is 0 Å². The van der Waals surface area contributed by atoms with Gasteiger partial charge in [-0.3, -0.25) is 0 Å². The highest BCUT2D eigenvalue weighted by Crippen LogP contribution is 2.10. The minimum absolute atomic E-state index is 1.13. The minimum Gasteiger partial charge on any atom is -0.316 e. The van der Waals surface area contributed by atoms with Gasteiger partial charge in [-0.1, -0.05) is 54.1 Å². The van der Waals surface area contributed by atoms with Crippen molar-refractivity contribution in [3.63, 3.8) is 0 Å². The topological polar surface area (TPSA) is 12.0 Å². The second-order valence-electron chi connectivity index (χ2n) is 3.84. The Labute approximate surface area is 91.5 Å². The van der Waals surface area contributed by atoms with Crippen LogP contribution >= 0.6 is 0 Å². The van der Waals surface area contributed by atoms with Gasteiger partial charge < -0.3 is 5.32 Å². The monoisotopic (exact) mass is 199 g/mol. The van der Waals surface area contributed by atoms with Crippen LogP contribution in [0.15, 0.2) is 48.1 Å². The molecule has 0 radical (unpaired) electrons. The molecular formula is C14H17N. The van der Waals surface area contributed by atoms with Crippen molar-refractivity contribution in [3.05, 3.63) is 53.6 Å². The van der Waals surface area contributed by atoms with Crippen molar-refractivity contribution in [2.75, 3.05) is 13.1 Å². The Kier molecular flexibility index (Phi) is 3.75. The standard InChI is InChI=1S/C14H17N/c1-2-5-13(6-3-1)7-4-8-14-9-11-15-12-10-14/h1-8,15H,9-12H2/b7-4+. The molecule has 1 aliphatic rings. The zero-order chi connectivity index (χ0) is 10.3. The van der Waals surface area contributed by atoms with Gasteiger partial charge in [0.2, 0.25) is 0 Å². The molecule has 0 aromatic heterocycles. The number of rotatable bonds is 2.